The number of halogens is 1. The third-order valence-corrected chi connectivity index (χ3v) is 3.94. The molecule has 3 aromatic rings. The third kappa shape index (κ3) is 3.25. The molecule has 0 radical (unpaired) electrons. The highest BCUT2D eigenvalue weighted by Crippen LogP contribution is 2.24. The van der Waals surface area contributed by atoms with Gasteiger partial charge in [0.1, 0.15) is 0 Å². The van der Waals surface area contributed by atoms with Crippen molar-refractivity contribution >= 4 is 34.3 Å². The first-order valence-electron chi connectivity index (χ1n) is 7.61. The standard InChI is InChI=1S/C18H20ClN3/c1-13(2)11-12-22-17-6-4-3-5-16(17)21-18(22)20-15-9-7-14(19)8-10-15/h3-10,13H,11-12H2,1-2H3,(H,20,21). The summed E-state index contributed by atoms with van der Waals surface area (Å²) in [7, 11) is 0. The molecule has 2 aromatic carbocycles. The molecule has 0 spiro atoms. The number of aryl methyl sites for hydroxylation is 1. The molecule has 0 amide bonds. The summed E-state index contributed by atoms with van der Waals surface area (Å²) in [6.07, 6.45) is 1.12. The molecule has 0 aliphatic rings. The zero-order chi connectivity index (χ0) is 15.5. The number of fused-ring (bicyclic) bond motifs is 1. The van der Waals surface area contributed by atoms with Crippen LogP contribution in [0.3, 0.4) is 0 Å². The summed E-state index contributed by atoms with van der Waals surface area (Å²) < 4.78 is 2.25. The predicted octanol–water partition coefficient (Wildman–Crippen LogP) is 5.48. The van der Waals surface area contributed by atoms with Crippen molar-refractivity contribution in [3.05, 3.63) is 53.6 Å². The van der Waals surface area contributed by atoms with Crippen molar-refractivity contribution in [2.75, 3.05) is 5.32 Å². The molecule has 1 N–H and O–H groups in total. The topological polar surface area (TPSA) is 29.9 Å². The van der Waals surface area contributed by atoms with Gasteiger partial charge in [0.2, 0.25) is 5.95 Å². The lowest BCUT2D eigenvalue weighted by Crippen LogP contribution is -2.06. The quantitative estimate of drug-likeness (QED) is 0.676. The molecule has 114 valence electrons. The van der Waals surface area contributed by atoms with Crippen LogP contribution >= 0.6 is 11.6 Å². The van der Waals surface area contributed by atoms with E-state index in [9.17, 15) is 0 Å². The number of para-hydroxylation sites is 2. The van der Waals surface area contributed by atoms with Crippen LogP contribution in [0.1, 0.15) is 20.3 Å². The van der Waals surface area contributed by atoms with E-state index in [4.69, 9.17) is 16.6 Å². The first-order chi connectivity index (χ1) is 10.6. The van der Waals surface area contributed by atoms with Gasteiger partial charge in [0.05, 0.1) is 11.0 Å². The van der Waals surface area contributed by atoms with E-state index in [2.05, 4.69) is 35.9 Å². The highest BCUT2D eigenvalue weighted by Gasteiger charge is 2.11. The average Bonchev–Trinajstić information content (AvgIpc) is 2.85. The van der Waals surface area contributed by atoms with E-state index in [1.807, 2.05) is 36.4 Å². The Hall–Kier alpha value is -2.00. The molecule has 22 heavy (non-hydrogen) atoms. The molecule has 0 unspecified atom stereocenters. The number of rotatable bonds is 5. The molecule has 0 saturated carbocycles. The summed E-state index contributed by atoms with van der Waals surface area (Å²) in [4.78, 5) is 4.73. The van der Waals surface area contributed by atoms with Crippen LogP contribution in [0.2, 0.25) is 5.02 Å². The average molecular weight is 314 g/mol. The number of hydrogen-bond acceptors (Lipinski definition) is 2. The second kappa shape index (κ2) is 6.41. The molecule has 0 aliphatic heterocycles. The Morgan fingerprint density at radius 1 is 1.09 bits per heavy atom. The van der Waals surface area contributed by atoms with Gasteiger partial charge in [0.25, 0.3) is 0 Å². The van der Waals surface area contributed by atoms with Crippen molar-refractivity contribution in [1.29, 1.82) is 0 Å². The second-order valence-electron chi connectivity index (χ2n) is 5.89. The number of aromatic nitrogens is 2. The summed E-state index contributed by atoms with van der Waals surface area (Å²) in [6, 6.07) is 15.9. The maximum atomic E-state index is 5.95. The lowest BCUT2D eigenvalue weighted by molar-refractivity contribution is 0.526. The van der Waals surface area contributed by atoms with Crippen molar-refractivity contribution < 1.29 is 0 Å². The maximum absolute atomic E-state index is 5.95. The van der Waals surface area contributed by atoms with E-state index in [0.29, 0.717) is 5.92 Å². The molecule has 0 aliphatic carbocycles. The zero-order valence-corrected chi connectivity index (χ0v) is 13.6. The molecule has 1 aromatic heterocycles. The fourth-order valence-electron chi connectivity index (χ4n) is 2.45. The van der Waals surface area contributed by atoms with Crippen molar-refractivity contribution in [2.24, 2.45) is 5.92 Å². The van der Waals surface area contributed by atoms with Crippen LogP contribution in [-0.2, 0) is 6.54 Å². The third-order valence-electron chi connectivity index (χ3n) is 3.68. The summed E-state index contributed by atoms with van der Waals surface area (Å²) in [5, 5.41) is 4.14. The molecular formula is C18H20ClN3. The van der Waals surface area contributed by atoms with Crippen LogP contribution in [-0.4, -0.2) is 9.55 Å². The van der Waals surface area contributed by atoms with Crippen molar-refractivity contribution in [2.45, 2.75) is 26.8 Å². The minimum atomic E-state index is 0.657. The van der Waals surface area contributed by atoms with Crippen LogP contribution in [0, 0.1) is 5.92 Å². The fraction of sp³-hybridized carbons (Fsp3) is 0.278. The number of nitrogens with one attached hydrogen (secondary N) is 1. The summed E-state index contributed by atoms with van der Waals surface area (Å²) in [6.45, 7) is 5.44. The zero-order valence-electron chi connectivity index (χ0n) is 12.9. The van der Waals surface area contributed by atoms with Crippen LogP contribution in [0.4, 0.5) is 11.6 Å². The first kappa shape index (κ1) is 14.9. The van der Waals surface area contributed by atoms with E-state index in [-0.39, 0.29) is 0 Å². The minimum Gasteiger partial charge on any atom is -0.326 e. The SMILES string of the molecule is CC(C)CCn1c(Nc2ccc(Cl)cc2)nc2ccccc21. The first-order valence-corrected chi connectivity index (χ1v) is 7.99. The molecule has 1 heterocycles. The van der Waals surface area contributed by atoms with Gasteiger partial charge in [-0.05, 0) is 48.7 Å². The molecule has 3 rings (SSSR count). The minimum absolute atomic E-state index is 0.657. The normalized spacial score (nSPS) is 11.3. The van der Waals surface area contributed by atoms with Gasteiger partial charge in [-0.2, -0.15) is 0 Å². The molecule has 0 atom stereocenters. The fourth-order valence-corrected chi connectivity index (χ4v) is 2.57. The number of hydrogen-bond donors (Lipinski definition) is 1. The van der Waals surface area contributed by atoms with E-state index < -0.39 is 0 Å². The Labute approximate surface area is 135 Å². The van der Waals surface area contributed by atoms with E-state index >= 15 is 0 Å². The molecule has 4 heteroatoms. The number of nitrogens with zero attached hydrogens (tertiary/aromatic N) is 2. The highest BCUT2D eigenvalue weighted by molar-refractivity contribution is 6.30. The van der Waals surface area contributed by atoms with Crippen molar-refractivity contribution in [1.82, 2.24) is 9.55 Å². The lowest BCUT2D eigenvalue weighted by Gasteiger charge is -2.12. The summed E-state index contributed by atoms with van der Waals surface area (Å²) in [5.74, 6) is 1.54. The van der Waals surface area contributed by atoms with Gasteiger partial charge in [0.15, 0.2) is 0 Å². The number of benzene rings is 2. The molecule has 3 nitrogen and oxygen atoms in total. The Morgan fingerprint density at radius 3 is 2.55 bits per heavy atom. The lowest BCUT2D eigenvalue weighted by atomic mass is 10.1. The van der Waals surface area contributed by atoms with Gasteiger partial charge in [-0.25, -0.2) is 4.98 Å². The molecule has 0 saturated heterocycles. The van der Waals surface area contributed by atoms with E-state index in [1.165, 1.54) is 5.52 Å². The van der Waals surface area contributed by atoms with Crippen molar-refractivity contribution in [3.63, 3.8) is 0 Å². The Bertz CT molecular complexity index is 760. The van der Waals surface area contributed by atoms with Crippen LogP contribution in [0.5, 0.6) is 0 Å². The maximum Gasteiger partial charge on any atom is 0.208 e. The van der Waals surface area contributed by atoms with Crippen LogP contribution < -0.4 is 5.32 Å². The molecular weight excluding hydrogens is 294 g/mol. The van der Waals surface area contributed by atoms with E-state index in [1.54, 1.807) is 0 Å². The monoisotopic (exact) mass is 313 g/mol. The number of anilines is 2. The van der Waals surface area contributed by atoms with Gasteiger partial charge < -0.3 is 9.88 Å². The Morgan fingerprint density at radius 2 is 1.82 bits per heavy atom. The largest absolute Gasteiger partial charge is 0.326 e. The molecule has 0 fully saturated rings. The summed E-state index contributed by atoms with van der Waals surface area (Å²) in [5.41, 5.74) is 3.17. The van der Waals surface area contributed by atoms with Crippen molar-refractivity contribution in [3.8, 4) is 0 Å². The van der Waals surface area contributed by atoms with Gasteiger partial charge in [0, 0.05) is 17.3 Å². The van der Waals surface area contributed by atoms with E-state index in [0.717, 1.165) is 35.1 Å². The van der Waals surface area contributed by atoms with Gasteiger partial charge in [-0.15, -0.1) is 0 Å². The predicted molar refractivity (Wildman–Crippen MR) is 93.9 cm³/mol. The Balaban J connectivity index is 1.96. The molecule has 0 bridgehead atoms. The van der Waals surface area contributed by atoms with Gasteiger partial charge in [-0.1, -0.05) is 37.6 Å². The highest BCUT2D eigenvalue weighted by atomic mass is 35.5. The number of imidazole rings is 1. The van der Waals surface area contributed by atoms with Crippen LogP contribution in [0.25, 0.3) is 11.0 Å². The second-order valence-corrected chi connectivity index (χ2v) is 6.33. The van der Waals surface area contributed by atoms with Crippen LogP contribution in [0.15, 0.2) is 48.5 Å². The smallest absolute Gasteiger partial charge is 0.208 e. The summed E-state index contributed by atoms with van der Waals surface area (Å²) >= 11 is 5.95. The van der Waals surface area contributed by atoms with Gasteiger partial charge in [-0.3, -0.25) is 0 Å². The van der Waals surface area contributed by atoms with Gasteiger partial charge >= 0.3 is 0 Å². The Kier molecular flexibility index (Phi) is 4.34.